The number of nitrogens with zero attached hydrogens (tertiary/aromatic N) is 1. The van der Waals surface area contributed by atoms with Crippen molar-refractivity contribution in [3.05, 3.63) is 42.1 Å². The lowest BCUT2D eigenvalue weighted by atomic mass is 10.0. The number of hydrogen-bond donors (Lipinski definition) is 1. The van der Waals surface area contributed by atoms with E-state index in [2.05, 4.69) is 36.2 Å². The zero-order valence-corrected chi connectivity index (χ0v) is 8.98. The van der Waals surface area contributed by atoms with Crippen LogP contribution in [0.3, 0.4) is 0 Å². The summed E-state index contributed by atoms with van der Waals surface area (Å²) in [6.07, 6.45) is 2.86. The number of rotatable bonds is 3. The summed E-state index contributed by atoms with van der Waals surface area (Å²) in [5.41, 5.74) is 8.00. The van der Waals surface area contributed by atoms with E-state index in [9.17, 15) is 0 Å². The highest BCUT2D eigenvalue weighted by atomic mass is 14.6. The minimum atomic E-state index is 0.533. The maximum atomic E-state index is 5.62. The summed E-state index contributed by atoms with van der Waals surface area (Å²) < 4.78 is 0. The van der Waals surface area contributed by atoms with Gasteiger partial charge >= 0.3 is 0 Å². The Kier molecular flexibility index (Phi) is 2.97. The molecular weight excluding hydrogens is 184 g/mol. The van der Waals surface area contributed by atoms with Gasteiger partial charge in [0, 0.05) is 11.6 Å². The van der Waals surface area contributed by atoms with Crippen LogP contribution in [0.15, 0.2) is 36.5 Å². The van der Waals surface area contributed by atoms with Gasteiger partial charge in [-0.1, -0.05) is 25.1 Å². The lowest BCUT2D eigenvalue weighted by Gasteiger charge is -2.08. The Labute approximate surface area is 90.1 Å². The second-order valence-electron chi connectivity index (χ2n) is 4.08. The van der Waals surface area contributed by atoms with Gasteiger partial charge in [0.05, 0.1) is 5.52 Å². The summed E-state index contributed by atoms with van der Waals surface area (Å²) in [5.74, 6) is 0.533. The van der Waals surface area contributed by atoms with Gasteiger partial charge in [0.1, 0.15) is 0 Å². The van der Waals surface area contributed by atoms with Crippen LogP contribution in [-0.2, 0) is 6.42 Å². The first kappa shape index (κ1) is 10.1. The molecular formula is C13H16N2. The van der Waals surface area contributed by atoms with Crippen molar-refractivity contribution in [2.45, 2.75) is 13.3 Å². The first-order chi connectivity index (χ1) is 7.29. The summed E-state index contributed by atoms with van der Waals surface area (Å²) in [6.45, 7) is 2.91. The number of hydrogen-bond acceptors (Lipinski definition) is 2. The van der Waals surface area contributed by atoms with Crippen molar-refractivity contribution < 1.29 is 0 Å². The number of nitrogens with two attached hydrogens (primary N) is 1. The molecule has 0 amide bonds. The predicted octanol–water partition coefficient (Wildman–Crippen LogP) is 2.37. The number of pyridine rings is 1. The first-order valence-corrected chi connectivity index (χ1v) is 5.33. The van der Waals surface area contributed by atoms with Gasteiger partial charge in [-0.25, -0.2) is 0 Å². The minimum Gasteiger partial charge on any atom is -0.330 e. The molecule has 2 rings (SSSR count). The molecule has 0 radical (unpaired) electrons. The molecule has 0 saturated heterocycles. The number of benzene rings is 1. The smallest absolute Gasteiger partial charge is 0.0704 e. The summed E-state index contributed by atoms with van der Waals surface area (Å²) >= 11 is 0. The molecule has 0 aliphatic rings. The predicted molar refractivity (Wildman–Crippen MR) is 63.7 cm³/mol. The normalized spacial score (nSPS) is 12.9. The van der Waals surface area contributed by atoms with Crippen LogP contribution in [0.4, 0.5) is 0 Å². The van der Waals surface area contributed by atoms with Gasteiger partial charge < -0.3 is 5.73 Å². The zero-order chi connectivity index (χ0) is 10.7. The second kappa shape index (κ2) is 4.41. The Morgan fingerprint density at radius 2 is 2.20 bits per heavy atom. The summed E-state index contributed by atoms with van der Waals surface area (Å²) in [6, 6.07) is 10.5. The van der Waals surface area contributed by atoms with Crippen LogP contribution < -0.4 is 5.73 Å². The van der Waals surface area contributed by atoms with Gasteiger partial charge in [0.2, 0.25) is 0 Å². The summed E-state index contributed by atoms with van der Waals surface area (Å²) in [5, 5.41) is 1.20. The molecule has 1 aromatic carbocycles. The average molecular weight is 200 g/mol. The molecule has 0 spiro atoms. The highest BCUT2D eigenvalue weighted by Gasteiger charge is 2.02. The van der Waals surface area contributed by atoms with Gasteiger partial charge in [-0.15, -0.1) is 0 Å². The van der Waals surface area contributed by atoms with E-state index in [1.165, 1.54) is 10.9 Å². The lowest BCUT2D eigenvalue weighted by Crippen LogP contribution is -2.12. The SMILES string of the molecule is CC(CN)Cc1ccc2cccnc2c1. The molecule has 1 atom stereocenters. The Hall–Kier alpha value is -1.41. The second-order valence-corrected chi connectivity index (χ2v) is 4.08. The summed E-state index contributed by atoms with van der Waals surface area (Å²) in [4.78, 5) is 4.34. The molecule has 1 unspecified atom stereocenters. The Morgan fingerprint density at radius 3 is 3.00 bits per heavy atom. The van der Waals surface area contributed by atoms with Crippen molar-refractivity contribution in [2.75, 3.05) is 6.54 Å². The van der Waals surface area contributed by atoms with E-state index in [0.717, 1.165) is 18.5 Å². The first-order valence-electron chi connectivity index (χ1n) is 5.33. The molecule has 0 aliphatic carbocycles. The standard InChI is InChI=1S/C13H16N2/c1-10(9-14)7-11-4-5-12-3-2-6-15-13(12)8-11/h2-6,8,10H,7,9,14H2,1H3. The van der Waals surface area contributed by atoms with E-state index in [1.807, 2.05) is 12.3 Å². The van der Waals surface area contributed by atoms with Gasteiger partial charge in [0.15, 0.2) is 0 Å². The largest absolute Gasteiger partial charge is 0.330 e. The van der Waals surface area contributed by atoms with Gasteiger partial charge in [-0.2, -0.15) is 0 Å². The van der Waals surface area contributed by atoms with Crippen LogP contribution in [0, 0.1) is 5.92 Å². The molecule has 2 aromatic rings. The fourth-order valence-electron chi connectivity index (χ4n) is 1.72. The fourth-order valence-corrected chi connectivity index (χ4v) is 1.72. The van der Waals surface area contributed by atoms with Crippen LogP contribution in [0.2, 0.25) is 0 Å². The topological polar surface area (TPSA) is 38.9 Å². The van der Waals surface area contributed by atoms with E-state index in [-0.39, 0.29) is 0 Å². The van der Waals surface area contributed by atoms with Gasteiger partial charge in [-0.05, 0) is 36.6 Å². The monoisotopic (exact) mass is 200 g/mol. The van der Waals surface area contributed by atoms with Crippen molar-refractivity contribution in [1.29, 1.82) is 0 Å². The third kappa shape index (κ3) is 2.34. The van der Waals surface area contributed by atoms with Crippen molar-refractivity contribution in [3.8, 4) is 0 Å². The molecule has 0 saturated carbocycles. The minimum absolute atomic E-state index is 0.533. The molecule has 78 valence electrons. The highest BCUT2D eigenvalue weighted by Crippen LogP contribution is 2.15. The molecule has 2 N–H and O–H groups in total. The number of fused-ring (bicyclic) bond motifs is 1. The molecule has 0 bridgehead atoms. The van der Waals surface area contributed by atoms with Crippen LogP contribution in [0.1, 0.15) is 12.5 Å². The van der Waals surface area contributed by atoms with Crippen molar-refractivity contribution in [1.82, 2.24) is 4.98 Å². The lowest BCUT2D eigenvalue weighted by molar-refractivity contribution is 0.593. The van der Waals surface area contributed by atoms with E-state index < -0.39 is 0 Å². The third-order valence-corrected chi connectivity index (χ3v) is 2.66. The molecule has 1 aromatic heterocycles. The average Bonchev–Trinajstić information content (AvgIpc) is 2.29. The molecule has 0 fully saturated rings. The molecule has 0 aliphatic heterocycles. The van der Waals surface area contributed by atoms with Crippen molar-refractivity contribution in [2.24, 2.45) is 11.7 Å². The zero-order valence-electron chi connectivity index (χ0n) is 8.98. The van der Waals surface area contributed by atoms with Crippen molar-refractivity contribution >= 4 is 10.9 Å². The molecule has 15 heavy (non-hydrogen) atoms. The maximum Gasteiger partial charge on any atom is 0.0704 e. The Morgan fingerprint density at radius 1 is 1.33 bits per heavy atom. The fraction of sp³-hybridized carbons (Fsp3) is 0.308. The van der Waals surface area contributed by atoms with E-state index in [4.69, 9.17) is 5.73 Å². The Balaban J connectivity index is 2.30. The van der Waals surface area contributed by atoms with Gasteiger partial charge in [0.25, 0.3) is 0 Å². The number of aromatic nitrogens is 1. The van der Waals surface area contributed by atoms with E-state index >= 15 is 0 Å². The third-order valence-electron chi connectivity index (χ3n) is 2.66. The van der Waals surface area contributed by atoms with Crippen LogP contribution in [0.5, 0.6) is 0 Å². The molecule has 2 nitrogen and oxygen atoms in total. The maximum absolute atomic E-state index is 5.62. The molecule has 1 heterocycles. The molecule has 2 heteroatoms. The Bertz CT molecular complexity index is 451. The quantitative estimate of drug-likeness (QED) is 0.826. The van der Waals surface area contributed by atoms with Gasteiger partial charge in [-0.3, -0.25) is 4.98 Å². The summed E-state index contributed by atoms with van der Waals surface area (Å²) in [7, 11) is 0. The van der Waals surface area contributed by atoms with E-state index in [0.29, 0.717) is 5.92 Å². The van der Waals surface area contributed by atoms with Crippen molar-refractivity contribution in [3.63, 3.8) is 0 Å². The van der Waals surface area contributed by atoms with Crippen LogP contribution >= 0.6 is 0 Å². The van der Waals surface area contributed by atoms with Crippen LogP contribution in [0.25, 0.3) is 10.9 Å². The van der Waals surface area contributed by atoms with E-state index in [1.54, 1.807) is 0 Å². The highest BCUT2D eigenvalue weighted by molar-refractivity contribution is 5.78. The van der Waals surface area contributed by atoms with Crippen LogP contribution in [-0.4, -0.2) is 11.5 Å².